The van der Waals surface area contributed by atoms with Crippen LogP contribution in [-0.2, 0) is 10.0 Å². The number of hydrogen-bond acceptors (Lipinski definition) is 2. The van der Waals surface area contributed by atoms with Crippen LogP contribution in [0.4, 0.5) is 13.2 Å². The second-order valence-corrected chi connectivity index (χ2v) is 5.56. The minimum absolute atomic E-state index is 0.317. The molecule has 0 rings (SSSR count). The number of sulfonamides is 1. The van der Waals surface area contributed by atoms with E-state index in [4.69, 9.17) is 0 Å². The molecule has 0 spiro atoms. The van der Waals surface area contributed by atoms with E-state index in [2.05, 4.69) is 0 Å². The van der Waals surface area contributed by atoms with E-state index < -0.39 is 28.0 Å². The molecular weight excluding hydrogens is 207 g/mol. The van der Waals surface area contributed by atoms with Gasteiger partial charge in [-0.15, -0.1) is 0 Å². The quantitative estimate of drug-likeness (QED) is 0.715. The summed E-state index contributed by atoms with van der Waals surface area (Å²) in [5.74, 6) is 0. The maximum atomic E-state index is 11.8. The van der Waals surface area contributed by atoms with E-state index in [0.717, 1.165) is 7.05 Å². The zero-order valence-electron chi connectivity index (χ0n) is 7.59. The van der Waals surface area contributed by atoms with Crippen LogP contribution in [0.1, 0.15) is 13.8 Å². The van der Waals surface area contributed by atoms with Gasteiger partial charge in [-0.2, -0.15) is 17.5 Å². The highest BCUT2D eigenvalue weighted by molar-refractivity contribution is 7.89. The molecular formula is C6H12F3NO2S. The van der Waals surface area contributed by atoms with Crippen molar-refractivity contribution in [2.75, 3.05) is 13.6 Å². The van der Waals surface area contributed by atoms with Crippen molar-refractivity contribution in [2.45, 2.75) is 25.3 Å². The van der Waals surface area contributed by atoms with Crippen LogP contribution in [0.5, 0.6) is 0 Å². The Kier molecular flexibility index (Phi) is 3.74. The summed E-state index contributed by atoms with van der Waals surface area (Å²) in [6.07, 6.45) is -4.49. The van der Waals surface area contributed by atoms with E-state index >= 15 is 0 Å². The van der Waals surface area contributed by atoms with Crippen molar-refractivity contribution in [3.05, 3.63) is 0 Å². The molecule has 0 aromatic heterocycles. The van der Waals surface area contributed by atoms with Crippen molar-refractivity contribution < 1.29 is 21.6 Å². The summed E-state index contributed by atoms with van der Waals surface area (Å²) in [6.45, 7) is 1.23. The SMILES string of the molecule is CC(C)S(=O)(=O)N(C)CC(F)(F)F. The van der Waals surface area contributed by atoms with Crippen LogP contribution in [0.25, 0.3) is 0 Å². The molecule has 3 nitrogen and oxygen atoms in total. The lowest BCUT2D eigenvalue weighted by atomic mass is 10.6. The van der Waals surface area contributed by atoms with Crippen molar-refractivity contribution >= 4 is 10.0 Å². The lowest BCUT2D eigenvalue weighted by molar-refractivity contribution is -0.134. The molecule has 0 aliphatic heterocycles. The molecule has 0 amide bonds. The molecule has 7 heteroatoms. The summed E-state index contributed by atoms with van der Waals surface area (Å²) >= 11 is 0. The van der Waals surface area contributed by atoms with E-state index in [1.165, 1.54) is 13.8 Å². The lowest BCUT2D eigenvalue weighted by Gasteiger charge is -2.20. The van der Waals surface area contributed by atoms with E-state index in [1.807, 2.05) is 0 Å². The normalized spacial score (nSPS) is 14.2. The van der Waals surface area contributed by atoms with Gasteiger partial charge in [-0.1, -0.05) is 0 Å². The Hall–Kier alpha value is -0.300. The van der Waals surface area contributed by atoms with Gasteiger partial charge in [0.25, 0.3) is 0 Å². The smallest absolute Gasteiger partial charge is 0.212 e. The van der Waals surface area contributed by atoms with Gasteiger partial charge in [0.2, 0.25) is 10.0 Å². The Morgan fingerprint density at radius 3 is 1.92 bits per heavy atom. The highest BCUT2D eigenvalue weighted by Crippen LogP contribution is 2.18. The molecule has 0 fully saturated rings. The maximum Gasteiger partial charge on any atom is 0.402 e. The van der Waals surface area contributed by atoms with E-state index in [9.17, 15) is 21.6 Å². The third kappa shape index (κ3) is 3.95. The van der Waals surface area contributed by atoms with Crippen LogP contribution in [0.15, 0.2) is 0 Å². The summed E-state index contributed by atoms with van der Waals surface area (Å²) in [5, 5.41) is -0.833. The largest absolute Gasteiger partial charge is 0.402 e. The molecule has 0 aromatic rings. The third-order valence-electron chi connectivity index (χ3n) is 1.43. The number of alkyl halides is 3. The van der Waals surface area contributed by atoms with Gasteiger partial charge < -0.3 is 0 Å². The molecule has 0 aliphatic carbocycles. The molecule has 0 saturated heterocycles. The summed E-state index contributed by atoms with van der Waals surface area (Å²) in [4.78, 5) is 0. The zero-order valence-corrected chi connectivity index (χ0v) is 8.41. The predicted molar refractivity (Wildman–Crippen MR) is 42.7 cm³/mol. The number of hydrogen-bond donors (Lipinski definition) is 0. The molecule has 0 aromatic carbocycles. The first-order valence-corrected chi connectivity index (χ1v) is 5.09. The zero-order chi connectivity index (χ0) is 10.9. The molecule has 13 heavy (non-hydrogen) atoms. The minimum Gasteiger partial charge on any atom is -0.212 e. The van der Waals surface area contributed by atoms with E-state index in [0.29, 0.717) is 4.31 Å². The fraction of sp³-hybridized carbons (Fsp3) is 1.00. The highest BCUT2D eigenvalue weighted by atomic mass is 32.2. The van der Waals surface area contributed by atoms with Gasteiger partial charge in [0.15, 0.2) is 0 Å². The van der Waals surface area contributed by atoms with Crippen molar-refractivity contribution in [1.82, 2.24) is 4.31 Å². The average molecular weight is 219 g/mol. The monoisotopic (exact) mass is 219 g/mol. The number of rotatable bonds is 3. The molecule has 0 radical (unpaired) electrons. The van der Waals surface area contributed by atoms with Crippen LogP contribution in [0.3, 0.4) is 0 Å². The summed E-state index contributed by atoms with van der Waals surface area (Å²) < 4.78 is 58.0. The Bertz CT molecular complexity index is 258. The van der Waals surface area contributed by atoms with E-state index in [1.54, 1.807) is 0 Å². The molecule has 0 saturated carbocycles. The van der Waals surface area contributed by atoms with Gasteiger partial charge in [-0.05, 0) is 13.8 Å². The molecule has 0 N–H and O–H groups in total. The minimum atomic E-state index is -4.49. The van der Waals surface area contributed by atoms with Gasteiger partial charge in [-0.25, -0.2) is 8.42 Å². The fourth-order valence-corrected chi connectivity index (χ4v) is 1.75. The maximum absolute atomic E-state index is 11.8. The Morgan fingerprint density at radius 2 is 1.69 bits per heavy atom. The fourth-order valence-electron chi connectivity index (χ4n) is 0.702. The van der Waals surface area contributed by atoms with Gasteiger partial charge in [0.05, 0.1) is 5.25 Å². The Balaban J connectivity index is 4.54. The van der Waals surface area contributed by atoms with Crippen molar-refractivity contribution in [1.29, 1.82) is 0 Å². The van der Waals surface area contributed by atoms with Crippen LogP contribution in [-0.4, -0.2) is 37.7 Å². The summed E-state index contributed by atoms with van der Waals surface area (Å²) in [7, 11) is -2.88. The molecule has 0 unspecified atom stereocenters. The van der Waals surface area contributed by atoms with Crippen LogP contribution in [0, 0.1) is 0 Å². The summed E-state index contributed by atoms with van der Waals surface area (Å²) in [5.41, 5.74) is 0. The standard InChI is InChI=1S/C6H12F3NO2S/c1-5(2)13(11,12)10(3)4-6(7,8)9/h5H,4H2,1-3H3. The average Bonchev–Trinajstić information content (AvgIpc) is 1.82. The topological polar surface area (TPSA) is 37.4 Å². The second-order valence-electron chi connectivity index (χ2n) is 2.96. The van der Waals surface area contributed by atoms with Crippen molar-refractivity contribution in [3.63, 3.8) is 0 Å². The Morgan fingerprint density at radius 1 is 1.31 bits per heavy atom. The molecule has 0 aliphatic rings. The van der Waals surface area contributed by atoms with Gasteiger partial charge >= 0.3 is 6.18 Å². The van der Waals surface area contributed by atoms with Crippen molar-refractivity contribution in [3.8, 4) is 0 Å². The number of halogens is 3. The second kappa shape index (κ2) is 3.83. The van der Waals surface area contributed by atoms with Gasteiger partial charge in [-0.3, -0.25) is 0 Å². The number of nitrogens with zero attached hydrogens (tertiary/aromatic N) is 1. The van der Waals surface area contributed by atoms with Crippen LogP contribution < -0.4 is 0 Å². The first-order chi connectivity index (χ1) is 5.57. The first kappa shape index (κ1) is 12.7. The van der Waals surface area contributed by atoms with Gasteiger partial charge in [0.1, 0.15) is 6.54 Å². The van der Waals surface area contributed by atoms with Crippen LogP contribution in [0.2, 0.25) is 0 Å². The predicted octanol–water partition coefficient (Wildman–Crippen LogP) is 1.22. The Labute approximate surface area is 75.6 Å². The molecule has 80 valence electrons. The summed E-state index contributed by atoms with van der Waals surface area (Å²) in [6, 6.07) is 0. The molecule has 0 atom stereocenters. The van der Waals surface area contributed by atoms with E-state index in [-0.39, 0.29) is 0 Å². The van der Waals surface area contributed by atoms with Gasteiger partial charge in [0, 0.05) is 7.05 Å². The van der Waals surface area contributed by atoms with Crippen molar-refractivity contribution in [2.24, 2.45) is 0 Å². The first-order valence-electron chi connectivity index (χ1n) is 3.59. The third-order valence-corrected chi connectivity index (χ3v) is 3.62. The van der Waals surface area contributed by atoms with Crippen LogP contribution >= 0.6 is 0 Å². The lowest BCUT2D eigenvalue weighted by Crippen LogP contribution is -2.39. The molecule has 0 bridgehead atoms. The highest BCUT2D eigenvalue weighted by Gasteiger charge is 2.35. The molecule has 0 heterocycles.